The van der Waals surface area contributed by atoms with E-state index < -0.39 is 6.10 Å². The van der Waals surface area contributed by atoms with Gasteiger partial charge in [-0.25, -0.2) is 4.39 Å². The molecular formula is C25H30ClFN2O4. The maximum Gasteiger partial charge on any atom is 0.222 e. The molecule has 0 unspecified atom stereocenters. The van der Waals surface area contributed by atoms with Crippen LogP contribution < -0.4 is 5.32 Å². The second-order valence-corrected chi connectivity index (χ2v) is 9.17. The minimum Gasteiger partial charge on any atom is -0.389 e. The Morgan fingerprint density at radius 1 is 1.15 bits per heavy atom. The van der Waals surface area contributed by atoms with Crippen molar-refractivity contribution in [2.75, 3.05) is 19.8 Å². The summed E-state index contributed by atoms with van der Waals surface area (Å²) >= 11 is 6.16. The minimum atomic E-state index is -0.597. The molecule has 0 spiro atoms. The van der Waals surface area contributed by atoms with E-state index >= 15 is 0 Å². The van der Waals surface area contributed by atoms with Crippen molar-refractivity contribution < 1.29 is 23.8 Å². The van der Waals surface area contributed by atoms with Crippen LogP contribution in [-0.4, -0.2) is 60.0 Å². The maximum atomic E-state index is 13.3. The van der Waals surface area contributed by atoms with Crippen LogP contribution in [0.5, 0.6) is 0 Å². The molecule has 2 aromatic rings. The number of nitrogens with one attached hydrogen (secondary N) is 1. The number of hydrogen-bond acceptors (Lipinski definition) is 5. The van der Waals surface area contributed by atoms with E-state index in [9.17, 15) is 14.3 Å². The van der Waals surface area contributed by atoms with Crippen molar-refractivity contribution in [3.63, 3.8) is 0 Å². The van der Waals surface area contributed by atoms with Crippen LogP contribution in [0.3, 0.4) is 0 Å². The molecule has 1 amide bonds. The van der Waals surface area contributed by atoms with Crippen LogP contribution in [0.25, 0.3) is 0 Å². The van der Waals surface area contributed by atoms with Gasteiger partial charge in [0.2, 0.25) is 5.91 Å². The van der Waals surface area contributed by atoms with Crippen LogP contribution >= 0.6 is 11.6 Å². The highest BCUT2D eigenvalue weighted by Crippen LogP contribution is 2.29. The molecule has 2 N–H and O–H groups in total. The first-order valence-electron chi connectivity index (χ1n) is 11.4. The van der Waals surface area contributed by atoms with Gasteiger partial charge in [0.1, 0.15) is 5.82 Å². The highest BCUT2D eigenvalue weighted by atomic mass is 35.5. The Bertz CT molecular complexity index is 929. The Hall–Kier alpha value is -2.03. The number of benzene rings is 2. The van der Waals surface area contributed by atoms with Gasteiger partial charge in [-0.05, 0) is 42.2 Å². The molecule has 2 aromatic carbocycles. The number of nitrogens with zero attached hydrogens (tertiary/aromatic N) is 1. The lowest BCUT2D eigenvalue weighted by atomic mass is 9.94. The summed E-state index contributed by atoms with van der Waals surface area (Å²) < 4.78 is 25.3. The van der Waals surface area contributed by atoms with E-state index in [0.717, 1.165) is 24.0 Å². The van der Waals surface area contributed by atoms with Crippen molar-refractivity contribution >= 4 is 17.5 Å². The molecule has 0 radical (unpaired) electrons. The number of carbonyl (C=O) groups is 1. The molecule has 2 aliphatic rings. The van der Waals surface area contributed by atoms with Crippen LogP contribution in [0.2, 0.25) is 5.02 Å². The van der Waals surface area contributed by atoms with Gasteiger partial charge in [0.05, 0.1) is 37.9 Å². The van der Waals surface area contributed by atoms with Crippen molar-refractivity contribution in [3.8, 4) is 0 Å². The molecule has 2 fully saturated rings. The molecule has 0 saturated carbocycles. The normalized spacial score (nSPS) is 26.2. The van der Waals surface area contributed by atoms with Gasteiger partial charge in [-0.3, -0.25) is 9.69 Å². The van der Waals surface area contributed by atoms with E-state index in [1.807, 2.05) is 18.2 Å². The molecule has 178 valence electrons. The lowest BCUT2D eigenvalue weighted by Gasteiger charge is -2.44. The predicted octanol–water partition coefficient (Wildman–Crippen LogP) is 3.29. The molecule has 2 saturated heterocycles. The zero-order valence-electron chi connectivity index (χ0n) is 18.5. The fraction of sp³-hybridized carbons (Fsp3) is 0.480. The Kier molecular flexibility index (Phi) is 8.33. The largest absolute Gasteiger partial charge is 0.389 e. The summed E-state index contributed by atoms with van der Waals surface area (Å²) in [7, 11) is 0. The first-order chi connectivity index (χ1) is 16.0. The third-order valence-corrected chi connectivity index (χ3v) is 6.60. The van der Waals surface area contributed by atoms with Gasteiger partial charge in [-0.15, -0.1) is 0 Å². The summed E-state index contributed by atoms with van der Waals surface area (Å²) in [5.41, 5.74) is 1.85. The maximum absolute atomic E-state index is 13.3. The molecule has 33 heavy (non-hydrogen) atoms. The molecular weight excluding hydrogens is 447 g/mol. The molecule has 2 aliphatic heterocycles. The second kappa shape index (κ2) is 11.4. The average molecular weight is 477 g/mol. The van der Waals surface area contributed by atoms with Crippen molar-refractivity contribution in [1.29, 1.82) is 0 Å². The summed E-state index contributed by atoms with van der Waals surface area (Å²) in [6.07, 6.45) is 0.834. The molecule has 6 nitrogen and oxygen atoms in total. The van der Waals surface area contributed by atoms with Crippen LogP contribution in [0.4, 0.5) is 4.39 Å². The van der Waals surface area contributed by atoms with E-state index in [0.29, 0.717) is 31.3 Å². The Balaban J connectivity index is 1.34. The molecule has 2 heterocycles. The Labute approximate surface area is 198 Å². The van der Waals surface area contributed by atoms with Gasteiger partial charge in [0.15, 0.2) is 0 Å². The summed E-state index contributed by atoms with van der Waals surface area (Å²) in [6.45, 7) is 2.01. The average Bonchev–Trinajstić information content (AvgIpc) is 2.79. The quantitative estimate of drug-likeness (QED) is 0.669. The van der Waals surface area contributed by atoms with Crippen LogP contribution in [0.1, 0.15) is 30.4 Å². The number of ether oxygens (including phenoxy) is 2. The van der Waals surface area contributed by atoms with E-state index in [1.165, 1.54) is 12.1 Å². The van der Waals surface area contributed by atoms with Gasteiger partial charge in [0, 0.05) is 30.7 Å². The molecule has 4 rings (SSSR count). The minimum absolute atomic E-state index is 0.0486. The summed E-state index contributed by atoms with van der Waals surface area (Å²) in [6, 6.07) is 13.9. The fourth-order valence-corrected chi connectivity index (χ4v) is 4.77. The van der Waals surface area contributed by atoms with Crippen LogP contribution in [0, 0.1) is 5.82 Å². The zero-order chi connectivity index (χ0) is 23.2. The Morgan fingerprint density at radius 2 is 1.94 bits per heavy atom. The van der Waals surface area contributed by atoms with Gasteiger partial charge in [-0.1, -0.05) is 41.9 Å². The van der Waals surface area contributed by atoms with E-state index in [-0.39, 0.29) is 43.0 Å². The fourth-order valence-electron chi connectivity index (χ4n) is 4.57. The van der Waals surface area contributed by atoms with Crippen LogP contribution in [-0.2, 0) is 27.4 Å². The van der Waals surface area contributed by atoms with Crippen LogP contribution in [0.15, 0.2) is 48.5 Å². The van der Waals surface area contributed by atoms with Crippen molar-refractivity contribution in [3.05, 3.63) is 70.5 Å². The van der Waals surface area contributed by atoms with Gasteiger partial charge in [-0.2, -0.15) is 0 Å². The molecule has 4 atom stereocenters. The number of hydrogen-bond donors (Lipinski definition) is 2. The smallest absolute Gasteiger partial charge is 0.222 e. The number of β-amino-alcohol motifs (C(OH)–C–C–N with tert-alkyl or cyclic N) is 1. The first kappa shape index (κ1) is 24.1. The number of aliphatic hydroxyl groups excluding tert-OH is 1. The van der Waals surface area contributed by atoms with Crippen molar-refractivity contribution in [1.82, 2.24) is 10.2 Å². The highest BCUT2D eigenvalue weighted by Gasteiger charge is 2.38. The third kappa shape index (κ3) is 6.74. The SMILES string of the molecule is O=C(C[C@@H]1CC[C@@H]2[C@H](COC[C@@H](O)CN2Cc2ccc(F)cc2)O1)NCc1ccccc1Cl. The standard InChI is InChI=1S/C25H30ClFN2O4/c26-22-4-2-1-3-18(22)12-28-25(31)11-21-9-10-23-24(33-21)16-32-15-20(30)14-29(23)13-17-5-7-19(27)8-6-17/h1-8,20-21,23-24,30H,9-16H2,(H,28,31)/t20-,21-,23+,24-/m0/s1. The van der Waals surface area contributed by atoms with Gasteiger partial charge in [0.25, 0.3) is 0 Å². The molecule has 0 aromatic heterocycles. The van der Waals surface area contributed by atoms with E-state index in [2.05, 4.69) is 10.2 Å². The number of rotatable bonds is 6. The predicted molar refractivity (Wildman–Crippen MR) is 123 cm³/mol. The Morgan fingerprint density at radius 3 is 2.73 bits per heavy atom. The second-order valence-electron chi connectivity index (χ2n) is 8.76. The van der Waals surface area contributed by atoms with Gasteiger partial charge < -0.3 is 19.9 Å². The van der Waals surface area contributed by atoms with Gasteiger partial charge >= 0.3 is 0 Å². The monoisotopic (exact) mass is 476 g/mol. The summed E-state index contributed by atoms with van der Waals surface area (Å²) in [5.74, 6) is -0.349. The topological polar surface area (TPSA) is 71.0 Å². The van der Waals surface area contributed by atoms with E-state index in [4.69, 9.17) is 21.1 Å². The molecule has 0 aliphatic carbocycles. The summed E-state index contributed by atoms with van der Waals surface area (Å²) in [4.78, 5) is 14.7. The number of fused-ring (bicyclic) bond motifs is 1. The third-order valence-electron chi connectivity index (χ3n) is 6.23. The zero-order valence-corrected chi connectivity index (χ0v) is 19.2. The number of halogens is 2. The van der Waals surface area contributed by atoms with E-state index in [1.54, 1.807) is 18.2 Å². The number of amides is 1. The van der Waals surface area contributed by atoms with Crippen molar-refractivity contribution in [2.24, 2.45) is 0 Å². The number of carbonyl (C=O) groups excluding carboxylic acids is 1. The first-order valence-corrected chi connectivity index (χ1v) is 11.8. The highest BCUT2D eigenvalue weighted by molar-refractivity contribution is 6.31. The molecule has 0 bridgehead atoms. The van der Waals surface area contributed by atoms with Crippen molar-refractivity contribution in [2.45, 2.75) is 56.7 Å². The summed E-state index contributed by atoms with van der Waals surface area (Å²) in [5, 5.41) is 13.9. The molecule has 8 heteroatoms. The lowest BCUT2D eigenvalue weighted by molar-refractivity contribution is -0.158. The lowest BCUT2D eigenvalue weighted by Crippen LogP contribution is -2.55. The number of aliphatic hydroxyl groups is 1.